The molecule has 2 aliphatic rings. The number of hydrogen-bond donors (Lipinski definition) is 1. The molecule has 1 atom stereocenters. The molecule has 1 aromatic carbocycles. The Balaban J connectivity index is 1.97. The first-order chi connectivity index (χ1) is 14.5. The third-order valence-corrected chi connectivity index (χ3v) is 7.74. The van der Waals surface area contributed by atoms with Gasteiger partial charge in [0.15, 0.2) is 5.78 Å². The van der Waals surface area contributed by atoms with Crippen LogP contribution >= 0.6 is 46.3 Å². The van der Waals surface area contributed by atoms with E-state index in [4.69, 9.17) is 28.9 Å². The summed E-state index contributed by atoms with van der Waals surface area (Å²) in [5.74, 6) is 0.873. The minimum absolute atomic E-state index is 0.0699. The molecule has 0 bridgehead atoms. The van der Waals surface area contributed by atoms with Crippen molar-refractivity contribution in [2.75, 3.05) is 10.7 Å². The summed E-state index contributed by atoms with van der Waals surface area (Å²) in [5.41, 5.74) is 9.15. The van der Waals surface area contributed by atoms with Crippen LogP contribution in [0.15, 0.2) is 57.2 Å². The van der Waals surface area contributed by atoms with E-state index >= 15 is 0 Å². The van der Waals surface area contributed by atoms with E-state index < -0.39 is 5.92 Å². The monoisotopic (exact) mass is 475 g/mol. The number of allylic oxidation sites excluding steroid dienone is 3. The lowest BCUT2D eigenvalue weighted by Crippen LogP contribution is -2.38. The number of rotatable bonds is 4. The van der Waals surface area contributed by atoms with E-state index in [0.29, 0.717) is 45.5 Å². The van der Waals surface area contributed by atoms with Gasteiger partial charge in [-0.15, -0.1) is 23.1 Å². The number of carbonyl (C=O) groups excluding carboxylic acids is 1. The van der Waals surface area contributed by atoms with Gasteiger partial charge in [-0.2, -0.15) is 5.26 Å². The predicted octanol–water partition coefficient (Wildman–Crippen LogP) is 6.47. The Labute approximate surface area is 194 Å². The van der Waals surface area contributed by atoms with Crippen LogP contribution in [0.4, 0.5) is 5.69 Å². The smallest absolute Gasteiger partial charge is 0.161 e. The predicted molar refractivity (Wildman–Crippen MR) is 125 cm³/mol. The van der Waals surface area contributed by atoms with Crippen LogP contribution in [0.5, 0.6) is 0 Å². The molecule has 0 amide bonds. The van der Waals surface area contributed by atoms with Crippen LogP contribution in [0, 0.1) is 11.3 Å². The maximum absolute atomic E-state index is 13.2. The molecular formula is C22H19Cl2N3OS2. The summed E-state index contributed by atoms with van der Waals surface area (Å²) < 4.78 is 0. The van der Waals surface area contributed by atoms with Gasteiger partial charge in [-0.1, -0.05) is 30.1 Å². The minimum atomic E-state index is -0.433. The molecule has 154 valence electrons. The number of nitrogens with two attached hydrogens (primary N) is 1. The van der Waals surface area contributed by atoms with E-state index in [-0.39, 0.29) is 5.78 Å². The van der Waals surface area contributed by atoms with Crippen molar-refractivity contribution in [2.24, 2.45) is 5.73 Å². The molecule has 1 aliphatic carbocycles. The summed E-state index contributed by atoms with van der Waals surface area (Å²) in [7, 11) is 0. The number of thioether (sulfide) groups is 1. The van der Waals surface area contributed by atoms with Crippen LogP contribution in [0.25, 0.3) is 0 Å². The Hall–Kier alpha value is -1.91. The fourth-order valence-corrected chi connectivity index (χ4v) is 6.67. The number of Topliss-reactive ketones (excluding diaryl/α,β-unsaturated/α-hetero) is 1. The highest BCUT2D eigenvalue weighted by molar-refractivity contribution is 7.99. The zero-order chi connectivity index (χ0) is 21.4. The van der Waals surface area contributed by atoms with Crippen molar-refractivity contribution in [1.29, 1.82) is 5.26 Å². The van der Waals surface area contributed by atoms with E-state index in [1.807, 2.05) is 5.38 Å². The fourth-order valence-electron chi connectivity index (χ4n) is 4.11. The van der Waals surface area contributed by atoms with E-state index in [9.17, 15) is 10.1 Å². The number of nitriles is 1. The number of anilines is 1. The average Bonchev–Trinajstić information content (AvgIpc) is 3.14. The molecule has 0 fully saturated rings. The van der Waals surface area contributed by atoms with Crippen LogP contribution in [0.2, 0.25) is 10.0 Å². The second-order valence-corrected chi connectivity index (χ2v) is 10.2. The minimum Gasteiger partial charge on any atom is -0.384 e. The lowest BCUT2D eigenvalue weighted by atomic mass is 9.78. The highest BCUT2D eigenvalue weighted by Gasteiger charge is 2.41. The average molecular weight is 476 g/mol. The van der Waals surface area contributed by atoms with Gasteiger partial charge in [0, 0.05) is 37.5 Å². The molecule has 0 radical (unpaired) electrons. The van der Waals surface area contributed by atoms with Gasteiger partial charge in [0.05, 0.1) is 23.2 Å². The van der Waals surface area contributed by atoms with Crippen molar-refractivity contribution in [3.8, 4) is 6.07 Å². The number of thiophene rings is 1. The number of carbonyl (C=O) groups is 1. The number of nitrogens with zero attached hydrogens (tertiary/aromatic N) is 2. The summed E-state index contributed by atoms with van der Waals surface area (Å²) in [5, 5.41) is 13.0. The highest BCUT2D eigenvalue weighted by atomic mass is 35.5. The second kappa shape index (κ2) is 8.68. The summed E-state index contributed by atoms with van der Waals surface area (Å²) >= 11 is 15.8. The Bertz CT molecular complexity index is 1110. The molecular weight excluding hydrogens is 457 g/mol. The van der Waals surface area contributed by atoms with Crippen LogP contribution < -0.4 is 10.6 Å². The van der Waals surface area contributed by atoms with E-state index in [2.05, 4.69) is 19.1 Å². The molecule has 4 nitrogen and oxygen atoms in total. The van der Waals surface area contributed by atoms with Crippen LogP contribution in [0.1, 0.15) is 37.0 Å². The third-order valence-electron chi connectivity index (χ3n) is 5.24. The van der Waals surface area contributed by atoms with Crippen molar-refractivity contribution < 1.29 is 4.79 Å². The molecule has 0 spiro atoms. The summed E-state index contributed by atoms with van der Waals surface area (Å²) in [6, 6.07) is 9.50. The molecule has 1 aromatic heterocycles. The van der Waals surface area contributed by atoms with Gasteiger partial charge >= 0.3 is 0 Å². The van der Waals surface area contributed by atoms with E-state index in [0.717, 1.165) is 27.6 Å². The molecule has 2 heterocycles. The quantitative estimate of drug-likeness (QED) is 0.512. The van der Waals surface area contributed by atoms with Gasteiger partial charge in [-0.05, 0) is 48.2 Å². The first-order valence-corrected chi connectivity index (χ1v) is 12.2. The maximum atomic E-state index is 13.2. The maximum Gasteiger partial charge on any atom is 0.161 e. The highest BCUT2D eigenvalue weighted by Crippen LogP contribution is 2.49. The topological polar surface area (TPSA) is 70.1 Å². The fraction of sp³-hybridized carbons (Fsp3) is 0.273. The number of hydrogen-bond acceptors (Lipinski definition) is 6. The standard InChI is InChI=1S/C22H19Cl2N3OS2/c1-2-29-18-6-7-30-21(18)19-15(11-25)22(26)27(14-9-12(23)8-13(24)10-14)16-4-3-5-17(28)20(16)19/h6-10,19H,2-5,26H2,1H3. The Morgan fingerprint density at radius 1 is 1.30 bits per heavy atom. The van der Waals surface area contributed by atoms with Crippen molar-refractivity contribution in [1.82, 2.24) is 0 Å². The number of halogens is 2. The number of benzene rings is 1. The summed E-state index contributed by atoms with van der Waals surface area (Å²) in [6.07, 6.45) is 1.91. The van der Waals surface area contributed by atoms with Gasteiger partial charge in [-0.3, -0.25) is 9.69 Å². The van der Waals surface area contributed by atoms with E-state index in [1.165, 1.54) is 0 Å². The molecule has 0 saturated carbocycles. The van der Waals surface area contributed by atoms with Gasteiger partial charge in [-0.25, -0.2) is 0 Å². The normalized spacial score (nSPS) is 19.2. The summed E-state index contributed by atoms with van der Waals surface area (Å²) in [4.78, 5) is 17.1. The van der Waals surface area contributed by atoms with E-state index in [1.54, 1.807) is 46.2 Å². The van der Waals surface area contributed by atoms with Crippen LogP contribution in [0.3, 0.4) is 0 Å². The van der Waals surface area contributed by atoms with Crippen molar-refractivity contribution >= 4 is 57.8 Å². The largest absolute Gasteiger partial charge is 0.384 e. The lowest BCUT2D eigenvalue weighted by molar-refractivity contribution is -0.116. The SMILES string of the molecule is CCSc1ccsc1C1C(C#N)=C(N)N(c2cc(Cl)cc(Cl)c2)C2=C1C(=O)CCC2. The van der Waals surface area contributed by atoms with Gasteiger partial charge in [0.25, 0.3) is 0 Å². The van der Waals surface area contributed by atoms with Crippen molar-refractivity contribution in [3.05, 3.63) is 67.2 Å². The zero-order valence-electron chi connectivity index (χ0n) is 16.2. The second-order valence-electron chi connectivity index (χ2n) is 7.03. The molecule has 1 unspecified atom stereocenters. The van der Waals surface area contributed by atoms with Gasteiger partial charge in [0.1, 0.15) is 5.82 Å². The Morgan fingerprint density at radius 2 is 2.03 bits per heavy atom. The third kappa shape index (κ3) is 3.65. The molecule has 2 aromatic rings. The Morgan fingerprint density at radius 3 is 2.70 bits per heavy atom. The Kier molecular flexibility index (Phi) is 6.17. The summed E-state index contributed by atoms with van der Waals surface area (Å²) in [6.45, 7) is 2.09. The molecule has 4 rings (SSSR count). The molecule has 2 N–H and O–H groups in total. The zero-order valence-corrected chi connectivity index (χ0v) is 19.4. The molecule has 1 aliphatic heterocycles. The lowest BCUT2D eigenvalue weighted by Gasteiger charge is -2.39. The van der Waals surface area contributed by atoms with Gasteiger partial charge in [0.2, 0.25) is 0 Å². The van der Waals surface area contributed by atoms with Gasteiger partial charge < -0.3 is 5.73 Å². The first kappa shape index (κ1) is 21.3. The molecule has 30 heavy (non-hydrogen) atoms. The van der Waals surface area contributed by atoms with Crippen LogP contribution in [-0.4, -0.2) is 11.5 Å². The molecule has 8 heteroatoms. The van der Waals surface area contributed by atoms with Crippen molar-refractivity contribution in [3.63, 3.8) is 0 Å². The first-order valence-electron chi connectivity index (χ1n) is 9.58. The van der Waals surface area contributed by atoms with Crippen LogP contribution in [-0.2, 0) is 4.79 Å². The number of ketones is 1. The molecule has 0 saturated heterocycles. The van der Waals surface area contributed by atoms with Crippen molar-refractivity contribution in [2.45, 2.75) is 37.0 Å².